The van der Waals surface area contributed by atoms with Crippen molar-refractivity contribution in [1.82, 2.24) is 14.9 Å². The van der Waals surface area contributed by atoms with Crippen molar-refractivity contribution in [2.24, 2.45) is 0 Å². The molecular weight excluding hydrogens is 254 g/mol. The van der Waals surface area contributed by atoms with Gasteiger partial charge in [-0.3, -0.25) is 5.10 Å². The van der Waals surface area contributed by atoms with Gasteiger partial charge in [-0.25, -0.2) is 13.1 Å². The lowest BCUT2D eigenvalue weighted by molar-refractivity contribution is 0.101. The summed E-state index contributed by atoms with van der Waals surface area (Å²) >= 11 is 0. The van der Waals surface area contributed by atoms with E-state index in [1.54, 1.807) is 13.8 Å². The molecule has 2 unspecified atom stereocenters. The maximum atomic E-state index is 12.3. The number of nitrogens with zero attached hydrogens (tertiary/aromatic N) is 1. The Morgan fingerprint density at radius 3 is 2.56 bits per heavy atom. The SMILES string of the molecule is Cc1n[nH]c(C)c1S(=O)(=O)NC1CCCCC1O. The van der Waals surface area contributed by atoms with E-state index in [1.165, 1.54) is 0 Å². The molecule has 102 valence electrons. The van der Waals surface area contributed by atoms with E-state index in [2.05, 4.69) is 14.9 Å². The molecule has 1 aliphatic carbocycles. The lowest BCUT2D eigenvalue weighted by Crippen LogP contribution is -2.45. The van der Waals surface area contributed by atoms with Gasteiger partial charge in [-0.15, -0.1) is 0 Å². The Bertz CT molecular complexity index is 504. The van der Waals surface area contributed by atoms with Crippen LogP contribution in [0, 0.1) is 13.8 Å². The van der Waals surface area contributed by atoms with Crippen LogP contribution in [0.3, 0.4) is 0 Å². The summed E-state index contributed by atoms with van der Waals surface area (Å²) < 4.78 is 27.1. The first kappa shape index (κ1) is 13.5. The van der Waals surface area contributed by atoms with E-state index in [0.717, 1.165) is 12.8 Å². The summed E-state index contributed by atoms with van der Waals surface area (Å²) in [6, 6.07) is -0.391. The van der Waals surface area contributed by atoms with Gasteiger partial charge in [0.2, 0.25) is 10.0 Å². The zero-order valence-electron chi connectivity index (χ0n) is 10.6. The number of aliphatic hydroxyl groups is 1. The minimum Gasteiger partial charge on any atom is -0.391 e. The normalized spacial score (nSPS) is 25.3. The van der Waals surface area contributed by atoms with Gasteiger partial charge in [-0.2, -0.15) is 5.10 Å². The number of rotatable bonds is 3. The van der Waals surface area contributed by atoms with Crippen molar-refractivity contribution in [2.75, 3.05) is 0 Å². The van der Waals surface area contributed by atoms with E-state index in [9.17, 15) is 13.5 Å². The lowest BCUT2D eigenvalue weighted by Gasteiger charge is -2.28. The molecule has 0 radical (unpaired) electrons. The van der Waals surface area contributed by atoms with Gasteiger partial charge in [0.1, 0.15) is 4.90 Å². The number of nitrogens with one attached hydrogen (secondary N) is 2. The van der Waals surface area contributed by atoms with Crippen molar-refractivity contribution in [1.29, 1.82) is 0 Å². The monoisotopic (exact) mass is 273 g/mol. The van der Waals surface area contributed by atoms with Crippen LogP contribution in [-0.4, -0.2) is 35.9 Å². The van der Waals surface area contributed by atoms with Gasteiger partial charge in [0.15, 0.2) is 0 Å². The molecule has 2 rings (SSSR count). The van der Waals surface area contributed by atoms with E-state index in [-0.39, 0.29) is 4.90 Å². The first-order valence-corrected chi connectivity index (χ1v) is 7.62. The third-order valence-electron chi connectivity index (χ3n) is 3.37. The van der Waals surface area contributed by atoms with Crippen molar-refractivity contribution in [3.63, 3.8) is 0 Å². The Morgan fingerprint density at radius 1 is 1.33 bits per heavy atom. The average Bonchev–Trinajstić information content (AvgIpc) is 2.62. The fourth-order valence-electron chi connectivity index (χ4n) is 2.44. The number of hydrogen-bond acceptors (Lipinski definition) is 4. The summed E-state index contributed by atoms with van der Waals surface area (Å²) in [6.07, 6.45) is 2.62. The molecule has 0 spiro atoms. The molecular formula is C11H19N3O3S. The molecule has 1 aromatic rings. The second-order valence-corrected chi connectivity index (χ2v) is 6.49. The molecule has 0 aromatic carbocycles. The summed E-state index contributed by atoms with van der Waals surface area (Å²) in [6.45, 7) is 3.32. The number of aliphatic hydroxyl groups excluding tert-OH is 1. The standard InChI is InChI=1S/C11H19N3O3S/c1-7-11(8(2)13-12-7)18(16,17)14-9-5-3-4-6-10(9)15/h9-10,14-15H,3-6H2,1-2H3,(H,12,13). The van der Waals surface area contributed by atoms with E-state index >= 15 is 0 Å². The highest BCUT2D eigenvalue weighted by Crippen LogP contribution is 2.22. The van der Waals surface area contributed by atoms with Gasteiger partial charge in [0, 0.05) is 6.04 Å². The molecule has 1 heterocycles. The molecule has 1 saturated carbocycles. The number of H-pyrrole nitrogens is 1. The molecule has 0 aliphatic heterocycles. The fraction of sp³-hybridized carbons (Fsp3) is 0.727. The minimum atomic E-state index is -3.61. The molecule has 1 aliphatic rings. The summed E-state index contributed by atoms with van der Waals surface area (Å²) in [5.41, 5.74) is 0.968. The smallest absolute Gasteiger partial charge is 0.244 e. The van der Waals surface area contributed by atoms with Crippen molar-refractivity contribution < 1.29 is 13.5 Å². The fourth-order valence-corrected chi connectivity index (χ4v) is 4.12. The molecule has 3 N–H and O–H groups in total. The van der Waals surface area contributed by atoms with Crippen molar-refractivity contribution in [2.45, 2.75) is 56.6 Å². The van der Waals surface area contributed by atoms with Gasteiger partial charge >= 0.3 is 0 Å². The van der Waals surface area contributed by atoms with Gasteiger partial charge in [0.05, 0.1) is 17.5 Å². The summed E-state index contributed by atoms with van der Waals surface area (Å²) in [5.74, 6) is 0. The average molecular weight is 273 g/mol. The predicted octanol–water partition coefficient (Wildman–Crippen LogP) is 0.608. The van der Waals surface area contributed by atoms with Crippen LogP contribution < -0.4 is 4.72 Å². The molecule has 2 atom stereocenters. The zero-order valence-corrected chi connectivity index (χ0v) is 11.4. The molecule has 0 saturated heterocycles. The Kier molecular flexibility index (Phi) is 3.74. The number of aryl methyl sites for hydroxylation is 2. The molecule has 1 aromatic heterocycles. The quantitative estimate of drug-likeness (QED) is 0.752. The molecule has 0 bridgehead atoms. The Hall–Kier alpha value is -0.920. The maximum absolute atomic E-state index is 12.3. The van der Waals surface area contributed by atoms with Gasteiger partial charge < -0.3 is 5.11 Å². The predicted molar refractivity (Wildman–Crippen MR) is 66.6 cm³/mol. The highest BCUT2D eigenvalue weighted by atomic mass is 32.2. The van der Waals surface area contributed by atoms with Gasteiger partial charge in [0.25, 0.3) is 0 Å². The first-order chi connectivity index (χ1) is 8.42. The summed E-state index contributed by atoms with van der Waals surface area (Å²) in [5, 5.41) is 16.4. The maximum Gasteiger partial charge on any atom is 0.244 e. The second kappa shape index (κ2) is 4.99. The number of sulfonamides is 1. The molecule has 18 heavy (non-hydrogen) atoms. The number of aromatic nitrogens is 2. The van der Waals surface area contributed by atoms with Gasteiger partial charge in [-0.1, -0.05) is 12.8 Å². The molecule has 1 fully saturated rings. The Balaban J connectivity index is 2.22. The van der Waals surface area contributed by atoms with Crippen molar-refractivity contribution >= 4 is 10.0 Å². The summed E-state index contributed by atoms with van der Waals surface area (Å²) in [7, 11) is -3.61. The Morgan fingerprint density at radius 2 is 2.00 bits per heavy atom. The van der Waals surface area contributed by atoms with Crippen LogP contribution in [-0.2, 0) is 10.0 Å². The third-order valence-corrected chi connectivity index (χ3v) is 5.12. The molecule has 6 nitrogen and oxygen atoms in total. The van der Waals surface area contributed by atoms with Crippen LogP contribution in [0.1, 0.15) is 37.1 Å². The minimum absolute atomic E-state index is 0.195. The second-order valence-electron chi connectivity index (χ2n) is 4.84. The molecule has 7 heteroatoms. The zero-order chi connectivity index (χ0) is 13.3. The van der Waals surface area contributed by atoms with Crippen LogP contribution in [0.15, 0.2) is 4.90 Å². The van der Waals surface area contributed by atoms with E-state index in [1.807, 2.05) is 0 Å². The van der Waals surface area contributed by atoms with Crippen LogP contribution in [0.5, 0.6) is 0 Å². The highest BCUT2D eigenvalue weighted by molar-refractivity contribution is 7.89. The van der Waals surface area contributed by atoms with Gasteiger partial charge in [-0.05, 0) is 26.7 Å². The first-order valence-electron chi connectivity index (χ1n) is 6.14. The van der Waals surface area contributed by atoms with Crippen LogP contribution >= 0.6 is 0 Å². The number of aromatic amines is 1. The third kappa shape index (κ3) is 2.57. The number of hydrogen-bond donors (Lipinski definition) is 3. The topological polar surface area (TPSA) is 95.1 Å². The lowest BCUT2D eigenvalue weighted by atomic mass is 9.93. The molecule has 0 amide bonds. The highest BCUT2D eigenvalue weighted by Gasteiger charge is 2.30. The van der Waals surface area contributed by atoms with Crippen molar-refractivity contribution in [3.05, 3.63) is 11.4 Å². The summed E-state index contributed by atoms with van der Waals surface area (Å²) in [4.78, 5) is 0.195. The van der Waals surface area contributed by atoms with Crippen LogP contribution in [0.2, 0.25) is 0 Å². The van der Waals surface area contributed by atoms with E-state index < -0.39 is 22.2 Å². The van der Waals surface area contributed by atoms with E-state index in [4.69, 9.17) is 0 Å². The largest absolute Gasteiger partial charge is 0.391 e. The van der Waals surface area contributed by atoms with Crippen molar-refractivity contribution in [3.8, 4) is 0 Å². The van der Waals surface area contributed by atoms with Crippen LogP contribution in [0.4, 0.5) is 0 Å². The van der Waals surface area contributed by atoms with E-state index in [0.29, 0.717) is 24.2 Å². The Labute approximate surface area is 107 Å². The van der Waals surface area contributed by atoms with Crippen LogP contribution in [0.25, 0.3) is 0 Å².